The second-order valence-electron chi connectivity index (χ2n) is 6.51. The van der Waals surface area contributed by atoms with Gasteiger partial charge in [-0.25, -0.2) is 4.98 Å². The highest BCUT2D eigenvalue weighted by Gasteiger charge is 2.23. The lowest BCUT2D eigenvalue weighted by molar-refractivity contribution is 0.0987. The molecule has 0 fully saturated rings. The molecule has 3 aromatic rings. The van der Waals surface area contributed by atoms with Crippen LogP contribution >= 0.6 is 51.0 Å². The number of thiophene rings is 1. The summed E-state index contributed by atoms with van der Waals surface area (Å²) in [6.07, 6.45) is 0. The first-order valence-corrected chi connectivity index (χ1v) is 11.5. The molecule has 0 aliphatic rings. The van der Waals surface area contributed by atoms with Crippen molar-refractivity contribution >= 4 is 72.3 Å². The summed E-state index contributed by atoms with van der Waals surface area (Å²) in [6, 6.07) is 8.07. The summed E-state index contributed by atoms with van der Waals surface area (Å²) in [5.41, 5.74) is 3.38. The zero-order valence-electron chi connectivity index (χ0n) is 16.5. The van der Waals surface area contributed by atoms with Crippen LogP contribution < -0.4 is 4.90 Å². The molecule has 1 aromatic carbocycles. The fraction of sp³-hybridized carbons (Fsp3) is 0.400. The van der Waals surface area contributed by atoms with Gasteiger partial charge in [0.05, 0.1) is 18.9 Å². The van der Waals surface area contributed by atoms with Gasteiger partial charge in [-0.15, -0.1) is 23.7 Å². The van der Waals surface area contributed by atoms with Crippen molar-refractivity contribution in [2.24, 2.45) is 0 Å². The van der Waals surface area contributed by atoms with Gasteiger partial charge in [-0.3, -0.25) is 9.69 Å². The highest BCUT2D eigenvalue weighted by molar-refractivity contribution is 9.11. The van der Waals surface area contributed by atoms with E-state index in [4.69, 9.17) is 4.98 Å². The first kappa shape index (κ1) is 23.3. The number of carbonyl (C=O) groups excluding carboxylic acids is 1. The molecule has 3 rings (SSSR count). The molecule has 4 nitrogen and oxygen atoms in total. The molecule has 2 aromatic heterocycles. The Morgan fingerprint density at radius 2 is 1.82 bits per heavy atom. The smallest absolute Gasteiger partial charge is 0.270 e. The monoisotopic (exact) mass is 501 g/mol. The van der Waals surface area contributed by atoms with E-state index in [9.17, 15) is 4.79 Å². The van der Waals surface area contributed by atoms with Crippen molar-refractivity contribution in [2.45, 2.75) is 27.7 Å². The van der Waals surface area contributed by atoms with Crippen LogP contribution in [0.4, 0.5) is 5.13 Å². The number of fused-ring (bicyclic) bond motifs is 1. The van der Waals surface area contributed by atoms with Crippen molar-refractivity contribution in [3.05, 3.63) is 44.1 Å². The SMILES string of the molecule is CCN(CC)CCN(C(=O)c1ccc(Br)s1)c1nc2cc(C)cc(C)c2s1.Cl. The minimum absolute atomic E-state index is 0. The fourth-order valence-corrected chi connectivity index (χ4v) is 5.48. The first-order chi connectivity index (χ1) is 12.9. The summed E-state index contributed by atoms with van der Waals surface area (Å²) in [6.45, 7) is 11.9. The van der Waals surface area contributed by atoms with Gasteiger partial charge in [0, 0.05) is 13.1 Å². The number of aromatic nitrogens is 1. The van der Waals surface area contributed by atoms with E-state index in [0.717, 1.165) is 43.6 Å². The predicted molar refractivity (Wildman–Crippen MR) is 128 cm³/mol. The summed E-state index contributed by atoms with van der Waals surface area (Å²) in [5.74, 6) is 0.0197. The van der Waals surface area contributed by atoms with Crippen LogP contribution in [0.15, 0.2) is 28.1 Å². The number of carbonyl (C=O) groups is 1. The molecule has 0 bridgehead atoms. The van der Waals surface area contributed by atoms with Crippen LogP contribution in [0.1, 0.15) is 34.6 Å². The number of halogens is 2. The number of likely N-dealkylation sites (N-methyl/N-ethyl adjacent to an activating group) is 1. The van der Waals surface area contributed by atoms with Crippen molar-refractivity contribution in [3.8, 4) is 0 Å². The predicted octanol–water partition coefficient (Wildman–Crippen LogP) is 6.15. The van der Waals surface area contributed by atoms with E-state index in [1.807, 2.05) is 17.0 Å². The minimum Gasteiger partial charge on any atom is -0.302 e. The molecule has 0 aliphatic heterocycles. The van der Waals surface area contributed by atoms with Crippen molar-refractivity contribution in [1.82, 2.24) is 9.88 Å². The minimum atomic E-state index is 0. The number of aryl methyl sites for hydroxylation is 2. The van der Waals surface area contributed by atoms with E-state index in [1.165, 1.54) is 22.5 Å². The number of hydrogen-bond donors (Lipinski definition) is 0. The summed E-state index contributed by atoms with van der Waals surface area (Å²) < 4.78 is 2.12. The van der Waals surface area contributed by atoms with Gasteiger partial charge in [0.25, 0.3) is 5.91 Å². The molecule has 8 heteroatoms. The van der Waals surface area contributed by atoms with Crippen LogP contribution in [0, 0.1) is 13.8 Å². The highest BCUT2D eigenvalue weighted by atomic mass is 79.9. The Bertz CT molecular complexity index is 952. The number of hydrogen-bond acceptors (Lipinski definition) is 5. The molecule has 0 N–H and O–H groups in total. The molecule has 28 heavy (non-hydrogen) atoms. The zero-order chi connectivity index (χ0) is 19.6. The lowest BCUT2D eigenvalue weighted by atomic mass is 10.1. The number of thiazole rings is 1. The Balaban J connectivity index is 0.00000280. The zero-order valence-corrected chi connectivity index (χ0v) is 20.5. The summed E-state index contributed by atoms with van der Waals surface area (Å²) in [4.78, 5) is 23.0. The molecule has 0 saturated heterocycles. The topological polar surface area (TPSA) is 36.4 Å². The third-order valence-electron chi connectivity index (χ3n) is 4.60. The molecule has 1 amide bonds. The van der Waals surface area contributed by atoms with Crippen LogP contribution in [0.2, 0.25) is 0 Å². The van der Waals surface area contributed by atoms with Crippen molar-refractivity contribution in [1.29, 1.82) is 0 Å². The van der Waals surface area contributed by atoms with Crippen molar-refractivity contribution in [2.75, 3.05) is 31.1 Å². The molecule has 0 atom stereocenters. The number of rotatable bonds is 7. The lowest BCUT2D eigenvalue weighted by Gasteiger charge is -2.24. The number of amides is 1. The van der Waals surface area contributed by atoms with E-state index < -0.39 is 0 Å². The van der Waals surface area contributed by atoms with E-state index >= 15 is 0 Å². The van der Waals surface area contributed by atoms with Gasteiger partial charge < -0.3 is 4.90 Å². The largest absolute Gasteiger partial charge is 0.302 e. The third kappa shape index (κ3) is 5.13. The number of benzene rings is 1. The van der Waals surface area contributed by atoms with Gasteiger partial charge in [-0.1, -0.05) is 31.3 Å². The van der Waals surface area contributed by atoms with Gasteiger partial charge in [0.1, 0.15) is 0 Å². The van der Waals surface area contributed by atoms with Crippen LogP contribution in [0.3, 0.4) is 0 Å². The highest BCUT2D eigenvalue weighted by Crippen LogP contribution is 2.33. The maximum atomic E-state index is 13.2. The molecular weight excluding hydrogens is 478 g/mol. The molecule has 0 unspecified atom stereocenters. The fourth-order valence-electron chi connectivity index (χ4n) is 3.11. The van der Waals surface area contributed by atoms with E-state index in [1.54, 1.807) is 11.3 Å². The normalized spacial score (nSPS) is 11.1. The Morgan fingerprint density at radius 1 is 1.11 bits per heavy atom. The van der Waals surface area contributed by atoms with Gasteiger partial charge in [-0.2, -0.15) is 0 Å². The summed E-state index contributed by atoms with van der Waals surface area (Å²) in [5, 5.41) is 0.778. The summed E-state index contributed by atoms with van der Waals surface area (Å²) in [7, 11) is 0. The summed E-state index contributed by atoms with van der Waals surface area (Å²) >= 11 is 6.53. The van der Waals surface area contributed by atoms with Crippen LogP contribution in [-0.2, 0) is 0 Å². The third-order valence-corrected chi connectivity index (χ3v) is 7.44. The van der Waals surface area contributed by atoms with Gasteiger partial charge in [0.15, 0.2) is 5.13 Å². The molecule has 0 spiro atoms. The molecule has 2 heterocycles. The lowest BCUT2D eigenvalue weighted by Crippen LogP contribution is -2.38. The second kappa shape index (κ2) is 10.2. The van der Waals surface area contributed by atoms with E-state index in [-0.39, 0.29) is 18.3 Å². The average molecular weight is 503 g/mol. The van der Waals surface area contributed by atoms with E-state index in [0.29, 0.717) is 6.54 Å². The van der Waals surface area contributed by atoms with Crippen LogP contribution in [0.5, 0.6) is 0 Å². The second-order valence-corrected chi connectivity index (χ2v) is 9.95. The van der Waals surface area contributed by atoms with Gasteiger partial charge in [-0.05, 0) is 72.2 Å². The molecule has 152 valence electrons. The Morgan fingerprint density at radius 3 is 2.43 bits per heavy atom. The van der Waals surface area contributed by atoms with Gasteiger partial charge >= 0.3 is 0 Å². The molecular formula is C20H25BrClN3OS2. The van der Waals surface area contributed by atoms with Gasteiger partial charge in [0.2, 0.25) is 0 Å². The Labute approximate surface area is 189 Å². The number of anilines is 1. The Kier molecular flexibility index (Phi) is 8.45. The molecule has 0 aliphatic carbocycles. The maximum absolute atomic E-state index is 13.2. The molecule has 0 radical (unpaired) electrons. The molecule has 0 saturated carbocycles. The van der Waals surface area contributed by atoms with E-state index in [2.05, 4.69) is 60.7 Å². The van der Waals surface area contributed by atoms with Crippen molar-refractivity contribution in [3.63, 3.8) is 0 Å². The maximum Gasteiger partial charge on any atom is 0.270 e. The standard InChI is InChI=1S/C20H24BrN3OS2.ClH/c1-5-23(6-2)9-10-24(19(25)16-7-8-17(21)26-16)20-22-15-12-13(3)11-14(4)18(15)27-20;/h7-8,11-12H,5-6,9-10H2,1-4H3;1H. The van der Waals surface area contributed by atoms with Crippen molar-refractivity contribution < 1.29 is 4.79 Å². The number of nitrogens with zero attached hydrogens (tertiary/aromatic N) is 3. The first-order valence-electron chi connectivity index (χ1n) is 9.10. The van der Waals surface area contributed by atoms with Crippen LogP contribution in [0.25, 0.3) is 10.2 Å². The quantitative estimate of drug-likeness (QED) is 0.389. The average Bonchev–Trinajstić information content (AvgIpc) is 3.25. The van der Waals surface area contributed by atoms with Crippen LogP contribution in [-0.4, -0.2) is 42.0 Å². The Hall–Kier alpha value is -0.990.